The molecule has 0 atom stereocenters. The maximum absolute atomic E-state index is 11.9. The molecule has 2 aromatic carbocycles. The van der Waals surface area contributed by atoms with Gasteiger partial charge in [0.2, 0.25) is 5.91 Å². The first-order chi connectivity index (χ1) is 12.5. The minimum atomic E-state index is -0.435. The summed E-state index contributed by atoms with van der Waals surface area (Å²) in [6.45, 7) is 1.31. The summed E-state index contributed by atoms with van der Waals surface area (Å²) in [5.74, 6) is 0.776. The molecule has 0 heterocycles. The molecule has 26 heavy (non-hydrogen) atoms. The smallest absolute Gasteiger partial charge is 0.308 e. The van der Waals surface area contributed by atoms with Gasteiger partial charge in [-0.25, -0.2) is 5.43 Å². The Kier molecular flexibility index (Phi) is 6.73. The van der Waals surface area contributed by atoms with Crippen LogP contribution in [0.3, 0.4) is 0 Å². The highest BCUT2D eigenvalue weighted by Crippen LogP contribution is 2.27. The normalized spacial score (nSPS) is 10.4. The van der Waals surface area contributed by atoms with Gasteiger partial charge in [0.25, 0.3) is 0 Å². The Bertz CT molecular complexity index is 800. The molecule has 0 aliphatic carbocycles. The molecule has 0 fully saturated rings. The summed E-state index contributed by atoms with van der Waals surface area (Å²) >= 11 is 0. The molecule has 0 aliphatic heterocycles. The van der Waals surface area contributed by atoms with Crippen LogP contribution in [-0.2, 0) is 16.0 Å². The fraction of sp³-hybridized carbons (Fsp3) is 0.211. The molecule has 0 radical (unpaired) electrons. The fourth-order valence-corrected chi connectivity index (χ4v) is 2.15. The highest BCUT2D eigenvalue weighted by atomic mass is 16.6. The van der Waals surface area contributed by atoms with Crippen molar-refractivity contribution in [2.24, 2.45) is 5.10 Å². The summed E-state index contributed by atoms with van der Waals surface area (Å²) in [7, 11) is 3.06. The quantitative estimate of drug-likeness (QED) is 0.356. The van der Waals surface area contributed by atoms with E-state index in [2.05, 4.69) is 10.5 Å². The van der Waals surface area contributed by atoms with E-state index in [0.29, 0.717) is 17.1 Å². The molecule has 2 aromatic rings. The largest absolute Gasteiger partial charge is 0.497 e. The van der Waals surface area contributed by atoms with E-state index in [4.69, 9.17) is 14.2 Å². The first-order valence-corrected chi connectivity index (χ1v) is 7.83. The van der Waals surface area contributed by atoms with Crippen molar-refractivity contribution in [3.05, 3.63) is 53.6 Å². The van der Waals surface area contributed by atoms with Gasteiger partial charge in [-0.1, -0.05) is 12.1 Å². The molecular weight excluding hydrogens is 336 g/mol. The predicted molar refractivity (Wildman–Crippen MR) is 96.7 cm³/mol. The van der Waals surface area contributed by atoms with E-state index in [0.717, 1.165) is 11.3 Å². The molecule has 1 N–H and O–H groups in total. The third kappa shape index (κ3) is 5.62. The van der Waals surface area contributed by atoms with E-state index in [1.807, 2.05) is 12.1 Å². The zero-order chi connectivity index (χ0) is 18.9. The number of hydrogen-bond donors (Lipinski definition) is 1. The Hall–Kier alpha value is -3.35. The van der Waals surface area contributed by atoms with E-state index < -0.39 is 5.97 Å². The Morgan fingerprint density at radius 1 is 1.04 bits per heavy atom. The summed E-state index contributed by atoms with van der Waals surface area (Å²) in [5.41, 5.74) is 4.00. The van der Waals surface area contributed by atoms with Crippen LogP contribution in [0.25, 0.3) is 0 Å². The molecule has 0 bridgehead atoms. The molecule has 7 heteroatoms. The summed E-state index contributed by atoms with van der Waals surface area (Å²) in [5, 5.41) is 3.92. The molecule has 0 unspecified atom stereocenters. The van der Waals surface area contributed by atoms with Crippen LogP contribution in [0.1, 0.15) is 18.1 Å². The number of hydrogen-bond acceptors (Lipinski definition) is 6. The Labute approximate surface area is 151 Å². The molecule has 0 saturated heterocycles. The number of carbonyl (C=O) groups excluding carboxylic acids is 2. The Morgan fingerprint density at radius 2 is 1.77 bits per heavy atom. The van der Waals surface area contributed by atoms with Gasteiger partial charge in [-0.05, 0) is 41.5 Å². The second-order valence-corrected chi connectivity index (χ2v) is 5.32. The minimum Gasteiger partial charge on any atom is -0.497 e. The number of rotatable bonds is 7. The molecular formula is C19H20N2O5. The lowest BCUT2D eigenvalue weighted by Crippen LogP contribution is -2.19. The maximum Gasteiger partial charge on any atom is 0.308 e. The number of nitrogens with zero attached hydrogens (tertiary/aromatic N) is 1. The molecule has 1 amide bonds. The van der Waals surface area contributed by atoms with Crippen molar-refractivity contribution < 1.29 is 23.8 Å². The monoisotopic (exact) mass is 356 g/mol. The number of amides is 1. The number of benzene rings is 2. The topological polar surface area (TPSA) is 86.2 Å². The van der Waals surface area contributed by atoms with E-state index in [1.165, 1.54) is 20.2 Å². The molecule has 136 valence electrons. The molecule has 2 rings (SSSR count). The molecule has 0 aliphatic rings. The maximum atomic E-state index is 11.9. The van der Waals surface area contributed by atoms with Gasteiger partial charge in [0, 0.05) is 6.92 Å². The third-order valence-electron chi connectivity index (χ3n) is 3.37. The second kappa shape index (κ2) is 9.22. The number of nitrogens with one attached hydrogen (secondary N) is 1. The minimum absolute atomic E-state index is 0.204. The molecule has 0 aromatic heterocycles. The van der Waals surface area contributed by atoms with Crippen LogP contribution in [0.2, 0.25) is 0 Å². The van der Waals surface area contributed by atoms with E-state index >= 15 is 0 Å². The van der Waals surface area contributed by atoms with Crippen molar-refractivity contribution >= 4 is 18.1 Å². The number of ether oxygens (including phenoxy) is 3. The zero-order valence-corrected chi connectivity index (χ0v) is 14.8. The van der Waals surface area contributed by atoms with Crippen LogP contribution in [0, 0.1) is 0 Å². The lowest BCUT2D eigenvalue weighted by Gasteiger charge is -2.08. The predicted octanol–water partition coefficient (Wildman–Crippen LogP) is 2.32. The number of carbonyl (C=O) groups is 2. The van der Waals surface area contributed by atoms with Crippen LogP contribution in [0.4, 0.5) is 0 Å². The van der Waals surface area contributed by atoms with Crippen molar-refractivity contribution in [3.63, 3.8) is 0 Å². The lowest BCUT2D eigenvalue weighted by atomic mass is 10.1. The standard InChI is InChI=1S/C19H20N2O5/c1-13(22)26-17-9-6-15(10-18(17)25-3)12-20-21-19(23)11-14-4-7-16(24-2)8-5-14/h4-10,12H,11H2,1-3H3,(H,21,23). The molecule has 0 saturated carbocycles. The van der Waals surface area contributed by atoms with Crippen molar-refractivity contribution in [2.45, 2.75) is 13.3 Å². The van der Waals surface area contributed by atoms with E-state index in [9.17, 15) is 9.59 Å². The highest BCUT2D eigenvalue weighted by Gasteiger charge is 2.07. The molecule has 7 nitrogen and oxygen atoms in total. The summed E-state index contributed by atoms with van der Waals surface area (Å²) in [4.78, 5) is 23.0. The zero-order valence-electron chi connectivity index (χ0n) is 14.8. The van der Waals surface area contributed by atoms with Gasteiger partial charge in [0.05, 0.1) is 26.9 Å². The fourth-order valence-electron chi connectivity index (χ4n) is 2.15. The van der Waals surface area contributed by atoms with Crippen molar-refractivity contribution in [1.82, 2.24) is 5.43 Å². The Morgan fingerprint density at radius 3 is 2.38 bits per heavy atom. The summed E-state index contributed by atoms with van der Waals surface area (Å²) < 4.78 is 15.3. The first kappa shape index (κ1) is 19.0. The van der Waals surface area contributed by atoms with E-state index in [1.54, 1.807) is 37.4 Å². The third-order valence-corrected chi connectivity index (χ3v) is 3.37. The molecule has 0 spiro atoms. The Balaban J connectivity index is 1.94. The van der Waals surface area contributed by atoms with Crippen LogP contribution in [-0.4, -0.2) is 32.3 Å². The van der Waals surface area contributed by atoms with Crippen LogP contribution in [0.5, 0.6) is 17.2 Å². The van der Waals surface area contributed by atoms with Crippen molar-refractivity contribution in [3.8, 4) is 17.2 Å². The van der Waals surface area contributed by atoms with Gasteiger partial charge >= 0.3 is 5.97 Å². The average Bonchev–Trinajstić information content (AvgIpc) is 2.63. The summed E-state index contributed by atoms with van der Waals surface area (Å²) in [6, 6.07) is 12.2. The van der Waals surface area contributed by atoms with Gasteiger partial charge < -0.3 is 14.2 Å². The van der Waals surface area contributed by atoms with Gasteiger partial charge in [-0.3, -0.25) is 9.59 Å². The van der Waals surface area contributed by atoms with Gasteiger partial charge in [0.15, 0.2) is 11.5 Å². The van der Waals surface area contributed by atoms with Crippen LogP contribution < -0.4 is 19.6 Å². The lowest BCUT2D eigenvalue weighted by molar-refractivity contribution is -0.132. The van der Waals surface area contributed by atoms with Crippen LogP contribution >= 0.6 is 0 Å². The summed E-state index contributed by atoms with van der Waals surface area (Å²) in [6.07, 6.45) is 1.68. The average molecular weight is 356 g/mol. The number of methoxy groups -OCH3 is 2. The second-order valence-electron chi connectivity index (χ2n) is 5.32. The van der Waals surface area contributed by atoms with E-state index in [-0.39, 0.29) is 12.3 Å². The van der Waals surface area contributed by atoms with Gasteiger partial charge in [0.1, 0.15) is 5.75 Å². The van der Waals surface area contributed by atoms with Gasteiger partial charge in [-0.15, -0.1) is 0 Å². The SMILES string of the molecule is COc1ccc(CC(=O)NN=Cc2ccc(OC(C)=O)c(OC)c2)cc1. The van der Waals surface area contributed by atoms with Gasteiger partial charge in [-0.2, -0.15) is 5.10 Å². The highest BCUT2D eigenvalue weighted by molar-refractivity contribution is 5.84. The number of hydrazone groups is 1. The number of esters is 1. The first-order valence-electron chi connectivity index (χ1n) is 7.83. The van der Waals surface area contributed by atoms with Crippen LogP contribution in [0.15, 0.2) is 47.6 Å². The van der Waals surface area contributed by atoms with Crippen molar-refractivity contribution in [1.29, 1.82) is 0 Å². The van der Waals surface area contributed by atoms with Crippen molar-refractivity contribution in [2.75, 3.05) is 14.2 Å².